The monoisotopic (exact) mass is 374 g/mol. The maximum Gasteiger partial charge on any atom is 0.316 e. The van der Waals surface area contributed by atoms with E-state index in [0.29, 0.717) is 27.6 Å². The second-order valence-electron chi connectivity index (χ2n) is 5.19. The van der Waals surface area contributed by atoms with E-state index >= 15 is 0 Å². The van der Waals surface area contributed by atoms with Crippen molar-refractivity contribution in [2.24, 2.45) is 5.73 Å². The van der Waals surface area contributed by atoms with Crippen molar-refractivity contribution in [3.63, 3.8) is 0 Å². The summed E-state index contributed by atoms with van der Waals surface area (Å²) in [5.74, 6) is -2.36. The van der Waals surface area contributed by atoms with E-state index in [0.717, 1.165) is 23.5 Å². The van der Waals surface area contributed by atoms with Gasteiger partial charge in [0, 0.05) is 22.2 Å². The average Bonchev–Trinajstić information content (AvgIpc) is 3.05. The molecule has 0 saturated carbocycles. The summed E-state index contributed by atoms with van der Waals surface area (Å²) in [6.07, 6.45) is 0. The summed E-state index contributed by atoms with van der Waals surface area (Å²) in [6, 6.07) is 8.92. The van der Waals surface area contributed by atoms with E-state index in [2.05, 4.69) is 15.6 Å². The highest BCUT2D eigenvalue weighted by molar-refractivity contribution is 7.14. The van der Waals surface area contributed by atoms with Crippen LogP contribution in [0.25, 0.3) is 11.3 Å². The SMILES string of the molecule is NC(=O)Nc1cccc(C(=O)Nc2nc(-c3ccc(F)c(F)c3)cs2)c1. The number of hydrogen-bond donors (Lipinski definition) is 3. The standard InChI is InChI=1S/C17H12F2N4O2S/c18-12-5-4-9(7-13(12)19)14-8-26-17(22-14)23-15(24)10-2-1-3-11(6-10)21-16(20)25/h1-8H,(H3,20,21,25)(H,22,23,24). The van der Waals surface area contributed by atoms with Gasteiger partial charge in [-0.2, -0.15) is 0 Å². The number of benzene rings is 2. The van der Waals surface area contributed by atoms with Crippen LogP contribution in [0.2, 0.25) is 0 Å². The predicted molar refractivity (Wildman–Crippen MR) is 95.1 cm³/mol. The molecule has 1 aromatic heterocycles. The Labute approximate surface area is 150 Å². The number of halogens is 2. The lowest BCUT2D eigenvalue weighted by Crippen LogP contribution is -2.19. The normalized spacial score (nSPS) is 10.4. The van der Waals surface area contributed by atoms with Crippen molar-refractivity contribution in [2.75, 3.05) is 10.6 Å². The number of nitrogens with two attached hydrogens (primary N) is 1. The first-order valence-corrected chi connectivity index (χ1v) is 8.19. The summed E-state index contributed by atoms with van der Waals surface area (Å²) < 4.78 is 26.3. The van der Waals surface area contributed by atoms with Crippen LogP contribution in [0.15, 0.2) is 47.8 Å². The Hall–Kier alpha value is -3.33. The van der Waals surface area contributed by atoms with Gasteiger partial charge in [0.1, 0.15) is 0 Å². The number of aromatic nitrogens is 1. The minimum Gasteiger partial charge on any atom is -0.351 e. The van der Waals surface area contributed by atoms with E-state index in [9.17, 15) is 18.4 Å². The fraction of sp³-hybridized carbons (Fsp3) is 0. The molecule has 2 aromatic carbocycles. The number of rotatable bonds is 4. The van der Waals surface area contributed by atoms with Gasteiger partial charge >= 0.3 is 6.03 Å². The highest BCUT2D eigenvalue weighted by atomic mass is 32.1. The fourth-order valence-electron chi connectivity index (χ4n) is 2.17. The fourth-order valence-corrected chi connectivity index (χ4v) is 2.88. The third-order valence-corrected chi connectivity index (χ3v) is 4.09. The van der Waals surface area contributed by atoms with E-state index in [-0.39, 0.29) is 0 Å². The van der Waals surface area contributed by atoms with Crippen molar-refractivity contribution in [3.8, 4) is 11.3 Å². The van der Waals surface area contributed by atoms with Gasteiger partial charge < -0.3 is 11.1 Å². The number of carbonyl (C=O) groups is 2. The van der Waals surface area contributed by atoms with E-state index in [4.69, 9.17) is 5.73 Å². The molecule has 4 N–H and O–H groups in total. The minimum atomic E-state index is -0.972. The quantitative estimate of drug-likeness (QED) is 0.647. The third kappa shape index (κ3) is 4.01. The first-order chi connectivity index (χ1) is 12.4. The van der Waals surface area contributed by atoms with Crippen LogP contribution in [0, 0.1) is 11.6 Å². The third-order valence-electron chi connectivity index (χ3n) is 3.33. The van der Waals surface area contributed by atoms with Gasteiger partial charge in [0.15, 0.2) is 16.8 Å². The largest absolute Gasteiger partial charge is 0.351 e. The minimum absolute atomic E-state index is 0.292. The molecule has 9 heteroatoms. The summed E-state index contributed by atoms with van der Waals surface area (Å²) >= 11 is 1.14. The smallest absolute Gasteiger partial charge is 0.316 e. The lowest BCUT2D eigenvalue weighted by atomic mass is 10.2. The molecule has 1 heterocycles. The Morgan fingerprint density at radius 3 is 2.58 bits per heavy atom. The second kappa shape index (κ2) is 7.28. The van der Waals surface area contributed by atoms with E-state index in [1.807, 2.05) is 0 Å². The summed E-state index contributed by atoms with van der Waals surface area (Å²) in [5, 5.41) is 6.90. The maximum atomic E-state index is 13.3. The zero-order chi connectivity index (χ0) is 18.7. The zero-order valence-corrected chi connectivity index (χ0v) is 13.9. The molecule has 132 valence electrons. The van der Waals surface area contributed by atoms with Crippen LogP contribution in [0.5, 0.6) is 0 Å². The number of amides is 3. The number of anilines is 2. The molecule has 0 aliphatic heterocycles. The van der Waals surface area contributed by atoms with Crippen molar-refractivity contribution in [1.29, 1.82) is 0 Å². The highest BCUT2D eigenvalue weighted by Crippen LogP contribution is 2.26. The summed E-state index contributed by atoms with van der Waals surface area (Å²) in [6.45, 7) is 0. The number of hydrogen-bond acceptors (Lipinski definition) is 4. The molecule has 26 heavy (non-hydrogen) atoms. The van der Waals surface area contributed by atoms with Crippen molar-refractivity contribution in [3.05, 3.63) is 65.0 Å². The summed E-state index contributed by atoms with van der Waals surface area (Å²) in [7, 11) is 0. The van der Waals surface area contributed by atoms with E-state index in [1.165, 1.54) is 12.1 Å². The van der Waals surface area contributed by atoms with Crippen LogP contribution in [-0.2, 0) is 0 Å². The molecule has 0 unspecified atom stereocenters. The number of primary amides is 1. The van der Waals surface area contributed by atoms with Gasteiger partial charge in [-0.1, -0.05) is 6.07 Å². The molecule has 6 nitrogen and oxygen atoms in total. The van der Waals surface area contributed by atoms with Crippen molar-refractivity contribution in [1.82, 2.24) is 4.98 Å². The molecule has 0 radical (unpaired) electrons. The Kier molecular flexibility index (Phi) is 4.90. The molecule has 0 bridgehead atoms. The van der Waals surface area contributed by atoms with Crippen LogP contribution in [0.1, 0.15) is 10.4 Å². The molecule has 0 atom stereocenters. The summed E-state index contributed by atoms with van der Waals surface area (Å²) in [5.41, 5.74) is 6.52. The molecular formula is C17H12F2N4O2S. The van der Waals surface area contributed by atoms with Gasteiger partial charge in [0.25, 0.3) is 5.91 Å². The number of nitrogens with one attached hydrogen (secondary N) is 2. The number of urea groups is 1. The second-order valence-corrected chi connectivity index (χ2v) is 6.05. The van der Waals surface area contributed by atoms with E-state index < -0.39 is 23.6 Å². The Morgan fingerprint density at radius 1 is 1.04 bits per heavy atom. The first-order valence-electron chi connectivity index (χ1n) is 7.31. The van der Waals surface area contributed by atoms with Gasteiger partial charge in [-0.05, 0) is 36.4 Å². The van der Waals surface area contributed by atoms with Gasteiger partial charge in [-0.3, -0.25) is 10.1 Å². The molecular weight excluding hydrogens is 362 g/mol. The number of nitrogens with zero attached hydrogens (tertiary/aromatic N) is 1. The zero-order valence-electron chi connectivity index (χ0n) is 13.1. The molecule has 0 aliphatic carbocycles. The Balaban J connectivity index is 1.75. The van der Waals surface area contributed by atoms with Gasteiger partial charge in [-0.15, -0.1) is 11.3 Å². The first kappa shape index (κ1) is 17.5. The van der Waals surface area contributed by atoms with Crippen LogP contribution in [0.4, 0.5) is 24.4 Å². The topological polar surface area (TPSA) is 97.1 Å². The van der Waals surface area contributed by atoms with Crippen LogP contribution in [0.3, 0.4) is 0 Å². The van der Waals surface area contributed by atoms with Gasteiger partial charge in [0.05, 0.1) is 5.69 Å². The van der Waals surface area contributed by atoms with Crippen molar-refractivity contribution in [2.45, 2.75) is 0 Å². The Morgan fingerprint density at radius 2 is 1.85 bits per heavy atom. The Bertz CT molecular complexity index is 990. The molecule has 0 saturated heterocycles. The number of thiazole rings is 1. The molecule has 3 aromatic rings. The molecule has 0 spiro atoms. The van der Waals surface area contributed by atoms with Gasteiger partial charge in [0.2, 0.25) is 0 Å². The molecule has 0 fully saturated rings. The van der Waals surface area contributed by atoms with Crippen LogP contribution >= 0.6 is 11.3 Å². The van der Waals surface area contributed by atoms with E-state index in [1.54, 1.807) is 23.6 Å². The van der Waals surface area contributed by atoms with Crippen LogP contribution < -0.4 is 16.4 Å². The lowest BCUT2D eigenvalue weighted by Gasteiger charge is -2.05. The van der Waals surface area contributed by atoms with Gasteiger partial charge in [-0.25, -0.2) is 18.6 Å². The highest BCUT2D eigenvalue weighted by Gasteiger charge is 2.12. The molecule has 3 rings (SSSR count). The maximum absolute atomic E-state index is 13.3. The van der Waals surface area contributed by atoms with Crippen molar-refractivity contribution < 1.29 is 18.4 Å². The summed E-state index contributed by atoms with van der Waals surface area (Å²) in [4.78, 5) is 27.4. The average molecular weight is 374 g/mol. The lowest BCUT2D eigenvalue weighted by molar-refractivity contribution is 0.102. The molecule has 3 amide bonds. The van der Waals surface area contributed by atoms with Crippen molar-refractivity contribution >= 4 is 34.1 Å². The number of carbonyl (C=O) groups excluding carboxylic acids is 2. The predicted octanol–water partition coefficient (Wildman–Crippen LogP) is 3.83. The molecule has 0 aliphatic rings. The van der Waals surface area contributed by atoms with Crippen LogP contribution in [-0.4, -0.2) is 16.9 Å².